The van der Waals surface area contributed by atoms with E-state index in [0.717, 1.165) is 0 Å². The summed E-state index contributed by atoms with van der Waals surface area (Å²) in [6, 6.07) is 0. The second-order valence-electron chi connectivity index (χ2n) is 4.19. The van der Waals surface area contributed by atoms with Crippen LogP contribution in [0.15, 0.2) is 0 Å². The molecule has 5 heteroatoms. The van der Waals surface area contributed by atoms with Gasteiger partial charge in [0.2, 0.25) is 5.91 Å². The van der Waals surface area contributed by atoms with Crippen molar-refractivity contribution in [2.45, 2.75) is 39.2 Å². The maximum absolute atomic E-state index is 12.0. The lowest BCUT2D eigenvalue weighted by molar-refractivity contribution is -0.156. The highest BCUT2D eigenvalue weighted by molar-refractivity contribution is 6.13. The second-order valence-corrected chi connectivity index (χ2v) is 4.19. The van der Waals surface area contributed by atoms with Gasteiger partial charge in [0.05, 0.1) is 6.61 Å². The molecule has 0 aliphatic carbocycles. The van der Waals surface area contributed by atoms with Crippen LogP contribution in [0.4, 0.5) is 0 Å². The fourth-order valence-electron chi connectivity index (χ4n) is 1.85. The van der Waals surface area contributed by atoms with Crippen LogP contribution >= 0.6 is 0 Å². The van der Waals surface area contributed by atoms with E-state index in [4.69, 9.17) is 4.74 Å². The second kappa shape index (κ2) is 4.63. The monoisotopic (exact) mass is 227 g/mol. The van der Waals surface area contributed by atoms with Crippen LogP contribution in [-0.4, -0.2) is 29.8 Å². The minimum absolute atomic E-state index is 0.192. The summed E-state index contributed by atoms with van der Waals surface area (Å²) in [4.78, 5) is 35.0. The third-order valence-electron chi connectivity index (χ3n) is 2.65. The van der Waals surface area contributed by atoms with E-state index < -0.39 is 11.5 Å². The summed E-state index contributed by atoms with van der Waals surface area (Å²) >= 11 is 0. The molecule has 0 bridgehead atoms. The zero-order chi connectivity index (χ0) is 12.3. The molecule has 0 radical (unpaired) electrons. The maximum atomic E-state index is 12.0. The topological polar surface area (TPSA) is 72.5 Å². The van der Waals surface area contributed by atoms with Crippen molar-refractivity contribution >= 4 is 17.7 Å². The molecule has 16 heavy (non-hydrogen) atoms. The van der Waals surface area contributed by atoms with E-state index in [9.17, 15) is 14.4 Å². The third-order valence-corrected chi connectivity index (χ3v) is 2.65. The van der Waals surface area contributed by atoms with Gasteiger partial charge in [-0.05, 0) is 13.3 Å². The Balaban J connectivity index is 2.98. The standard InChI is InChI=1S/C11H17NO4/c1-4-16-10(15)11(9(14)7(2)3)6-5-8(13)12-11/h7H,4-6H2,1-3H3,(H,12,13). The molecule has 1 atom stereocenters. The Kier molecular flexibility index (Phi) is 3.67. The molecule has 0 spiro atoms. The number of amides is 1. The van der Waals surface area contributed by atoms with Crippen LogP contribution in [-0.2, 0) is 19.1 Å². The number of carbonyl (C=O) groups is 3. The molecule has 0 aromatic heterocycles. The minimum atomic E-state index is -1.44. The van der Waals surface area contributed by atoms with Crippen molar-refractivity contribution in [1.82, 2.24) is 5.32 Å². The largest absolute Gasteiger partial charge is 0.464 e. The van der Waals surface area contributed by atoms with Gasteiger partial charge in [-0.15, -0.1) is 0 Å². The molecule has 1 N–H and O–H groups in total. The molecule has 90 valence electrons. The van der Waals surface area contributed by atoms with Gasteiger partial charge in [0, 0.05) is 12.3 Å². The van der Waals surface area contributed by atoms with Crippen LogP contribution in [0.2, 0.25) is 0 Å². The zero-order valence-electron chi connectivity index (χ0n) is 9.83. The number of hydrogen-bond donors (Lipinski definition) is 1. The van der Waals surface area contributed by atoms with Crippen molar-refractivity contribution in [2.24, 2.45) is 5.92 Å². The molecule has 1 amide bonds. The lowest BCUT2D eigenvalue weighted by Crippen LogP contribution is -2.57. The molecule has 0 saturated carbocycles. The summed E-state index contributed by atoms with van der Waals surface area (Å²) in [6.07, 6.45) is 0.388. The van der Waals surface area contributed by atoms with E-state index in [1.165, 1.54) is 0 Å². The van der Waals surface area contributed by atoms with Gasteiger partial charge in [-0.25, -0.2) is 4.79 Å². The average molecular weight is 227 g/mol. The summed E-state index contributed by atoms with van der Waals surface area (Å²) in [5.74, 6) is -1.51. The Morgan fingerprint density at radius 2 is 2.12 bits per heavy atom. The molecule has 5 nitrogen and oxygen atoms in total. The number of ether oxygens (including phenoxy) is 1. The van der Waals surface area contributed by atoms with Crippen molar-refractivity contribution in [3.8, 4) is 0 Å². The number of ketones is 1. The first kappa shape index (κ1) is 12.7. The minimum Gasteiger partial charge on any atom is -0.464 e. The van der Waals surface area contributed by atoms with Crippen LogP contribution in [0.3, 0.4) is 0 Å². The van der Waals surface area contributed by atoms with Crippen LogP contribution in [0.1, 0.15) is 33.6 Å². The highest BCUT2D eigenvalue weighted by Gasteiger charge is 2.52. The Morgan fingerprint density at radius 1 is 1.50 bits per heavy atom. The van der Waals surface area contributed by atoms with Crippen molar-refractivity contribution in [1.29, 1.82) is 0 Å². The van der Waals surface area contributed by atoms with Gasteiger partial charge in [-0.2, -0.15) is 0 Å². The van der Waals surface area contributed by atoms with Crippen LogP contribution in [0.25, 0.3) is 0 Å². The van der Waals surface area contributed by atoms with Gasteiger partial charge < -0.3 is 10.1 Å². The van der Waals surface area contributed by atoms with E-state index in [1.807, 2.05) is 0 Å². The first-order valence-corrected chi connectivity index (χ1v) is 5.46. The number of esters is 1. The Bertz CT molecular complexity index is 324. The quantitative estimate of drug-likeness (QED) is 0.558. The van der Waals surface area contributed by atoms with Gasteiger partial charge in [0.25, 0.3) is 0 Å². The Morgan fingerprint density at radius 3 is 2.50 bits per heavy atom. The van der Waals surface area contributed by atoms with Gasteiger partial charge in [-0.3, -0.25) is 9.59 Å². The number of Topliss-reactive ketones (excluding diaryl/α,β-unsaturated/α-hetero) is 1. The average Bonchev–Trinajstić information content (AvgIpc) is 2.61. The van der Waals surface area contributed by atoms with Crippen LogP contribution in [0, 0.1) is 5.92 Å². The Hall–Kier alpha value is -1.39. The molecular formula is C11H17NO4. The highest BCUT2D eigenvalue weighted by Crippen LogP contribution is 2.26. The fraction of sp³-hybridized carbons (Fsp3) is 0.727. The maximum Gasteiger partial charge on any atom is 0.339 e. The van der Waals surface area contributed by atoms with Crippen molar-refractivity contribution < 1.29 is 19.1 Å². The summed E-state index contributed by atoms with van der Waals surface area (Å²) in [5.41, 5.74) is -1.44. The van der Waals surface area contributed by atoms with E-state index in [2.05, 4.69) is 5.32 Å². The molecule has 1 rings (SSSR count). The molecule has 1 saturated heterocycles. The van der Waals surface area contributed by atoms with Crippen LogP contribution in [0.5, 0.6) is 0 Å². The molecular weight excluding hydrogens is 210 g/mol. The number of rotatable bonds is 4. The van der Waals surface area contributed by atoms with Crippen molar-refractivity contribution in [3.63, 3.8) is 0 Å². The molecule has 0 aromatic rings. The van der Waals surface area contributed by atoms with Gasteiger partial charge >= 0.3 is 5.97 Å². The zero-order valence-corrected chi connectivity index (χ0v) is 9.83. The van der Waals surface area contributed by atoms with Crippen molar-refractivity contribution in [3.05, 3.63) is 0 Å². The predicted octanol–water partition coefficient (Wildman–Crippen LogP) is 0.423. The molecule has 1 fully saturated rings. The SMILES string of the molecule is CCOC(=O)C1(C(=O)C(C)C)CCC(=O)N1. The van der Waals surface area contributed by atoms with E-state index >= 15 is 0 Å². The van der Waals surface area contributed by atoms with Gasteiger partial charge in [0.15, 0.2) is 11.3 Å². The lowest BCUT2D eigenvalue weighted by atomic mass is 9.86. The number of nitrogens with one attached hydrogen (secondary N) is 1. The first-order chi connectivity index (χ1) is 7.44. The normalized spacial score (nSPS) is 24.4. The first-order valence-electron chi connectivity index (χ1n) is 5.46. The van der Waals surface area contributed by atoms with E-state index in [-0.39, 0.29) is 37.1 Å². The fourth-order valence-corrected chi connectivity index (χ4v) is 1.85. The molecule has 1 aliphatic heterocycles. The number of carbonyl (C=O) groups excluding carboxylic acids is 3. The molecule has 1 heterocycles. The highest BCUT2D eigenvalue weighted by atomic mass is 16.5. The lowest BCUT2D eigenvalue weighted by Gasteiger charge is -2.26. The number of hydrogen-bond acceptors (Lipinski definition) is 4. The summed E-state index contributed by atoms with van der Waals surface area (Å²) in [7, 11) is 0. The summed E-state index contributed by atoms with van der Waals surface area (Å²) in [6.45, 7) is 5.27. The molecule has 1 unspecified atom stereocenters. The van der Waals surface area contributed by atoms with E-state index in [0.29, 0.717) is 0 Å². The summed E-state index contributed by atoms with van der Waals surface area (Å²) in [5, 5.41) is 2.47. The molecule has 1 aliphatic rings. The van der Waals surface area contributed by atoms with E-state index in [1.54, 1.807) is 20.8 Å². The van der Waals surface area contributed by atoms with Gasteiger partial charge in [0.1, 0.15) is 0 Å². The third kappa shape index (κ3) is 2.08. The molecule has 0 aromatic carbocycles. The summed E-state index contributed by atoms with van der Waals surface area (Å²) < 4.78 is 4.87. The van der Waals surface area contributed by atoms with Gasteiger partial charge in [-0.1, -0.05) is 13.8 Å². The van der Waals surface area contributed by atoms with Crippen molar-refractivity contribution in [2.75, 3.05) is 6.61 Å². The predicted molar refractivity (Wildman–Crippen MR) is 56.6 cm³/mol. The van der Waals surface area contributed by atoms with Crippen LogP contribution < -0.4 is 5.32 Å². The smallest absolute Gasteiger partial charge is 0.339 e. The Labute approximate surface area is 94.5 Å².